The Bertz CT molecular complexity index is 636. The second-order valence-electron chi connectivity index (χ2n) is 4.31. The van der Waals surface area contributed by atoms with Gasteiger partial charge in [-0.2, -0.15) is 0 Å². The fraction of sp³-hybridized carbons (Fsp3) is 0.231. The lowest BCUT2D eigenvalue weighted by Crippen LogP contribution is -2.39. The summed E-state index contributed by atoms with van der Waals surface area (Å²) in [4.78, 5) is 25.2. The second kappa shape index (κ2) is 5.09. The third-order valence-electron chi connectivity index (χ3n) is 2.83. The summed E-state index contributed by atoms with van der Waals surface area (Å²) in [5.41, 5.74) is 1.30. The summed E-state index contributed by atoms with van der Waals surface area (Å²) >= 11 is 0. The lowest BCUT2D eigenvalue weighted by Gasteiger charge is -2.08. The Balaban J connectivity index is 2.13. The van der Waals surface area contributed by atoms with E-state index in [0.29, 0.717) is 11.1 Å². The van der Waals surface area contributed by atoms with Gasteiger partial charge in [-0.1, -0.05) is 0 Å². The Hall–Kier alpha value is -2.37. The van der Waals surface area contributed by atoms with E-state index in [2.05, 4.69) is 10.3 Å². The molecular weight excluding hydrogens is 251 g/mol. The fourth-order valence-electron chi connectivity index (χ4n) is 1.83. The third-order valence-corrected chi connectivity index (χ3v) is 2.83. The van der Waals surface area contributed by atoms with Crippen LogP contribution >= 0.6 is 0 Å². The molecule has 0 spiro atoms. The van der Waals surface area contributed by atoms with E-state index in [9.17, 15) is 14.0 Å². The molecule has 6 heteroatoms. The molecule has 2 rings (SSSR count). The second-order valence-corrected chi connectivity index (χ2v) is 4.31. The van der Waals surface area contributed by atoms with Crippen molar-refractivity contribution in [2.24, 2.45) is 0 Å². The van der Waals surface area contributed by atoms with Crippen LogP contribution in [-0.4, -0.2) is 28.0 Å². The quantitative estimate of drug-likeness (QED) is 0.781. The smallest absolute Gasteiger partial charge is 0.325 e. The maximum absolute atomic E-state index is 13.0. The highest BCUT2D eigenvalue weighted by Crippen LogP contribution is 2.19. The number of fused-ring (bicyclic) bond motifs is 1. The summed E-state index contributed by atoms with van der Waals surface area (Å²) in [5, 5.41) is 11.8. The normalized spacial score (nSPS) is 12.3. The van der Waals surface area contributed by atoms with Crippen LogP contribution in [0.5, 0.6) is 0 Å². The van der Waals surface area contributed by atoms with E-state index in [1.165, 1.54) is 19.1 Å². The number of hydrogen-bond donors (Lipinski definition) is 3. The number of aliphatic carboxylic acids is 1. The first-order chi connectivity index (χ1) is 8.97. The van der Waals surface area contributed by atoms with Crippen molar-refractivity contribution in [3.05, 3.63) is 35.8 Å². The summed E-state index contributed by atoms with van der Waals surface area (Å²) in [5.74, 6) is -1.83. The topological polar surface area (TPSA) is 82.2 Å². The molecule has 0 fully saturated rings. The highest BCUT2D eigenvalue weighted by molar-refractivity contribution is 5.90. The van der Waals surface area contributed by atoms with E-state index in [-0.39, 0.29) is 18.1 Å². The third kappa shape index (κ3) is 2.90. The number of carbonyl (C=O) groups excluding carboxylic acids is 1. The Morgan fingerprint density at radius 1 is 1.47 bits per heavy atom. The molecular formula is C13H13FN2O3. The van der Waals surface area contributed by atoms with Gasteiger partial charge in [-0.3, -0.25) is 9.59 Å². The molecule has 5 nitrogen and oxygen atoms in total. The summed E-state index contributed by atoms with van der Waals surface area (Å²) in [6.07, 6.45) is 1.67. The number of carboxylic acid groups (broad SMARTS) is 1. The van der Waals surface area contributed by atoms with Crippen LogP contribution in [0.3, 0.4) is 0 Å². The molecule has 1 amide bonds. The average molecular weight is 264 g/mol. The van der Waals surface area contributed by atoms with Crippen LogP contribution in [-0.2, 0) is 16.0 Å². The van der Waals surface area contributed by atoms with Gasteiger partial charge in [-0.05, 0) is 30.7 Å². The molecule has 3 N–H and O–H groups in total. The van der Waals surface area contributed by atoms with Crippen LogP contribution in [0.2, 0.25) is 0 Å². The number of carboxylic acids is 1. The first kappa shape index (κ1) is 13.1. The summed E-state index contributed by atoms with van der Waals surface area (Å²) in [6, 6.07) is 3.31. The standard InChI is InChI=1S/C13H13FN2O3/c1-7(13(18)19)16-12(17)4-8-6-15-11-5-9(14)2-3-10(8)11/h2-3,5-7,15H,4H2,1H3,(H,16,17)(H,18,19)/t7-/m1/s1. The minimum absolute atomic E-state index is 0.0449. The predicted octanol–water partition coefficient (Wildman–Crippen LogP) is 1.44. The molecule has 1 atom stereocenters. The number of hydrogen-bond acceptors (Lipinski definition) is 2. The van der Waals surface area contributed by atoms with E-state index in [1.54, 1.807) is 12.3 Å². The number of benzene rings is 1. The number of rotatable bonds is 4. The molecule has 0 aliphatic rings. The molecule has 19 heavy (non-hydrogen) atoms. The molecule has 0 unspecified atom stereocenters. The molecule has 1 aromatic heterocycles. The van der Waals surface area contributed by atoms with Gasteiger partial charge in [0.05, 0.1) is 6.42 Å². The van der Waals surface area contributed by atoms with Crippen LogP contribution in [0, 0.1) is 5.82 Å². The van der Waals surface area contributed by atoms with Gasteiger partial charge in [0, 0.05) is 17.1 Å². The van der Waals surface area contributed by atoms with Gasteiger partial charge < -0.3 is 15.4 Å². The van der Waals surface area contributed by atoms with Gasteiger partial charge in [0.1, 0.15) is 11.9 Å². The van der Waals surface area contributed by atoms with Crippen LogP contribution < -0.4 is 5.32 Å². The van der Waals surface area contributed by atoms with E-state index in [1.807, 2.05) is 0 Å². The van der Waals surface area contributed by atoms with Crippen LogP contribution in [0.4, 0.5) is 4.39 Å². The first-order valence-electron chi connectivity index (χ1n) is 5.75. The SMILES string of the molecule is C[C@@H](NC(=O)Cc1c[nH]c2cc(F)ccc12)C(=O)O. The van der Waals surface area contributed by atoms with Crippen molar-refractivity contribution < 1.29 is 19.1 Å². The van der Waals surface area contributed by atoms with Gasteiger partial charge in [-0.25, -0.2) is 4.39 Å². The zero-order valence-corrected chi connectivity index (χ0v) is 10.2. The van der Waals surface area contributed by atoms with Crippen molar-refractivity contribution in [3.63, 3.8) is 0 Å². The largest absolute Gasteiger partial charge is 0.480 e. The van der Waals surface area contributed by atoms with Gasteiger partial charge in [-0.15, -0.1) is 0 Å². The van der Waals surface area contributed by atoms with Gasteiger partial charge >= 0.3 is 5.97 Å². The average Bonchev–Trinajstić information content (AvgIpc) is 2.71. The molecule has 2 aromatic rings. The highest BCUT2D eigenvalue weighted by atomic mass is 19.1. The van der Waals surface area contributed by atoms with E-state index in [0.717, 1.165) is 5.39 Å². The molecule has 0 aliphatic carbocycles. The molecule has 1 aromatic carbocycles. The summed E-state index contributed by atoms with van der Waals surface area (Å²) in [6.45, 7) is 1.39. The minimum atomic E-state index is -1.09. The van der Waals surface area contributed by atoms with E-state index in [4.69, 9.17) is 5.11 Å². The van der Waals surface area contributed by atoms with Crippen molar-refractivity contribution in [3.8, 4) is 0 Å². The molecule has 0 saturated carbocycles. The molecule has 100 valence electrons. The molecule has 0 bridgehead atoms. The van der Waals surface area contributed by atoms with Gasteiger partial charge in [0.2, 0.25) is 5.91 Å². The summed E-state index contributed by atoms with van der Waals surface area (Å²) in [7, 11) is 0. The number of H-pyrrole nitrogens is 1. The van der Waals surface area contributed by atoms with Crippen LogP contribution in [0.1, 0.15) is 12.5 Å². The number of amides is 1. The Kier molecular flexibility index (Phi) is 3.50. The fourth-order valence-corrected chi connectivity index (χ4v) is 1.83. The zero-order chi connectivity index (χ0) is 14.0. The van der Waals surface area contributed by atoms with Crippen LogP contribution in [0.15, 0.2) is 24.4 Å². The first-order valence-corrected chi connectivity index (χ1v) is 5.75. The van der Waals surface area contributed by atoms with Crippen molar-refractivity contribution in [2.75, 3.05) is 0 Å². The van der Waals surface area contributed by atoms with Crippen molar-refractivity contribution in [1.29, 1.82) is 0 Å². The lowest BCUT2D eigenvalue weighted by molar-refractivity contribution is -0.141. The van der Waals surface area contributed by atoms with Crippen LogP contribution in [0.25, 0.3) is 10.9 Å². The lowest BCUT2D eigenvalue weighted by atomic mass is 10.1. The van der Waals surface area contributed by atoms with Gasteiger partial charge in [0.15, 0.2) is 0 Å². The number of halogens is 1. The Morgan fingerprint density at radius 2 is 2.21 bits per heavy atom. The summed E-state index contributed by atoms with van der Waals surface area (Å²) < 4.78 is 13.0. The monoisotopic (exact) mass is 264 g/mol. The van der Waals surface area contributed by atoms with Crippen molar-refractivity contribution in [1.82, 2.24) is 10.3 Å². The number of nitrogens with one attached hydrogen (secondary N) is 2. The maximum Gasteiger partial charge on any atom is 0.325 e. The number of aromatic nitrogens is 1. The Labute approximate surface area is 108 Å². The van der Waals surface area contributed by atoms with Crippen molar-refractivity contribution in [2.45, 2.75) is 19.4 Å². The van der Waals surface area contributed by atoms with Crippen molar-refractivity contribution >= 4 is 22.8 Å². The molecule has 0 saturated heterocycles. The maximum atomic E-state index is 13.0. The molecule has 1 heterocycles. The molecule has 0 aliphatic heterocycles. The van der Waals surface area contributed by atoms with Gasteiger partial charge in [0.25, 0.3) is 0 Å². The predicted molar refractivity (Wildman–Crippen MR) is 67.2 cm³/mol. The highest BCUT2D eigenvalue weighted by Gasteiger charge is 2.15. The van der Waals surface area contributed by atoms with E-state index < -0.39 is 12.0 Å². The Morgan fingerprint density at radius 3 is 2.89 bits per heavy atom. The number of carbonyl (C=O) groups is 2. The van der Waals surface area contributed by atoms with E-state index >= 15 is 0 Å². The minimum Gasteiger partial charge on any atom is -0.480 e. The molecule has 0 radical (unpaired) electrons. The number of aromatic amines is 1. The zero-order valence-electron chi connectivity index (χ0n) is 10.2.